The predicted octanol–water partition coefficient (Wildman–Crippen LogP) is 3.66. The summed E-state index contributed by atoms with van der Waals surface area (Å²) in [6, 6.07) is 16.4. The molecule has 0 aliphatic rings. The van der Waals surface area contributed by atoms with Crippen LogP contribution in [0.3, 0.4) is 0 Å². The lowest BCUT2D eigenvalue weighted by Crippen LogP contribution is -2.15. The molecule has 3 rings (SSSR count). The van der Waals surface area contributed by atoms with Gasteiger partial charge in [0.1, 0.15) is 11.8 Å². The van der Waals surface area contributed by atoms with Crippen molar-refractivity contribution in [3.05, 3.63) is 77.1 Å². The summed E-state index contributed by atoms with van der Waals surface area (Å²) in [5, 5.41) is 16.0. The molecule has 26 heavy (non-hydrogen) atoms. The quantitative estimate of drug-likeness (QED) is 0.764. The molecular formula is C20H18N4O2. The van der Waals surface area contributed by atoms with Crippen molar-refractivity contribution in [2.45, 2.75) is 20.6 Å². The molecule has 3 aromatic rings. The van der Waals surface area contributed by atoms with Crippen LogP contribution in [0.5, 0.6) is 5.75 Å². The monoisotopic (exact) mass is 346 g/mol. The van der Waals surface area contributed by atoms with Crippen molar-refractivity contribution in [2.75, 3.05) is 5.32 Å². The second-order valence-corrected chi connectivity index (χ2v) is 5.89. The van der Waals surface area contributed by atoms with Crippen molar-refractivity contribution in [1.82, 2.24) is 9.78 Å². The highest BCUT2D eigenvalue weighted by Crippen LogP contribution is 2.19. The molecule has 0 saturated carbocycles. The van der Waals surface area contributed by atoms with E-state index >= 15 is 0 Å². The number of ether oxygens (including phenoxy) is 1. The minimum atomic E-state index is -0.377. The number of nitrogens with zero attached hydrogens (tertiary/aromatic N) is 3. The number of nitriles is 1. The number of benzene rings is 2. The van der Waals surface area contributed by atoms with Crippen molar-refractivity contribution < 1.29 is 9.53 Å². The largest absolute Gasteiger partial charge is 0.471 e. The minimum Gasteiger partial charge on any atom is -0.471 e. The third kappa shape index (κ3) is 3.90. The number of amides is 1. The zero-order valence-electron chi connectivity index (χ0n) is 14.6. The molecule has 0 aliphatic heterocycles. The number of nitrogens with one attached hydrogen (secondary N) is 1. The summed E-state index contributed by atoms with van der Waals surface area (Å²) in [4.78, 5) is 12.3. The molecule has 0 saturated heterocycles. The summed E-state index contributed by atoms with van der Waals surface area (Å²) in [6.07, 6.45) is 1.68. The first kappa shape index (κ1) is 17.2. The molecule has 2 aromatic carbocycles. The first-order chi connectivity index (χ1) is 12.6. The Kier molecular flexibility index (Phi) is 4.99. The van der Waals surface area contributed by atoms with E-state index in [1.165, 1.54) is 5.56 Å². The van der Waals surface area contributed by atoms with Crippen molar-refractivity contribution in [3.8, 4) is 11.8 Å². The molecular weight excluding hydrogens is 328 g/mol. The standard InChI is InChI=1S/C20H18N4O2/c1-14-7-8-19(15(2)11-14)26-13-24-10-9-18(23-24)20(25)22-17-6-4-3-5-16(17)12-21/h3-11H,13H2,1-2H3,(H,22,25). The maximum atomic E-state index is 12.3. The van der Waals surface area contributed by atoms with E-state index < -0.39 is 0 Å². The smallest absolute Gasteiger partial charge is 0.276 e. The fourth-order valence-electron chi connectivity index (χ4n) is 2.53. The van der Waals surface area contributed by atoms with Gasteiger partial charge in [-0.3, -0.25) is 4.79 Å². The topological polar surface area (TPSA) is 79.9 Å². The van der Waals surface area contributed by atoms with Crippen LogP contribution in [0, 0.1) is 25.2 Å². The first-order valence-corrected chi connectivity index (χ1v) is 8.11. The maximum Gasteiger partial charge on any atom is 0.276 e. The molecule has 0 bridgehead atoms. The normalized spacial score (nSPS) is 10.2. The van der Waals surface area contributed by atoms with Gasteiger partial charge in [-0.05, 0) is 43.7 Å². The molecule has 130 valence electrons. The fourth-order valence-corrected chi connectivity index (χ4v) is 2.53. The highest BCUT2D eigenvalue weighted by atomic mass is 16.5. The molecule has 6 nitrogen and oxygen atoms in total. The van der Waals surface area contributed by atoms with Gasteiger partial charge in [-0.1, -0.05) is 29.8 Å². The van der Waals surface area contributed by atoms with Crippen LogP contribution < -0.4 is 10.1 Å². The Hall–Kier alpha value is -3.59. The fraction of sp³-hybridized carbons (Fsp3) is 0.150. The van der Waals surface area contributed by atoms with E-state index in [1.807, 2.05) is 38.1 Å². The summed E-state index contributed by atoms with van der Waals surface area (Å²) >= 11 is 0. The molecule has 0 fully saturated rings. The lowest BCUT2D eigenvalue weighted by molar-refractivity contribution is 0.102. The number of carbonyl (C=O) groups excluding carboxylic acids is 1. The number of para-hydroxylation sites is 1. The van der Waals surface area contributed by atoms with Gasteiger partial charge >= 0.3 is 0 Å². The van der Waals surface area contributed by atoms with E-state index in [0.29, 0.717) is 11.3 Å². The molecule has 0 aliphatic carbocycles. The molecule has 1 heterocycles. The van der Waals surface area contributed by atoms with Gasteiger partial charge in [0.05, 0.1) is 11.3 Å². The van der Waals surface area contributed by atoms with Crippen molar-refractivity contribution in [2.24, 2.45) is 0 Å². The Bertz CT molecular complexity index is 985. The summed E-state index contributed by atoms with van der Waals surface area (Å²) in [5.74, 6) is 0.401. The second kappa shape index (κ2) is 7.53. The van der Waals surface area contributed by atoms with Crippen LogP contribution in [0.25, 0.3) is 0 Å². The van der Waals surface area contributed by atoms with E-state index in [-0.39, 0.29) is 18.3 Å². The van der Waals surface area contributed by atoms with Crippen LogP contribution in [-0.4, -0.2) is 15.7 Å². The lowest BCUT2D eigenvalue weighted by Gasteiger charge is -2.09. The van der Waals surface area contributed by atoms with E-state index in [1.54, 1.807) is 41.2 Å². The lowest BCUT2D eigenvalue weighted by atomic mass is 10.1. The second-order valence-electron chi connectivity index (χ2n) is 5.89. The molecule has 6 heteroatoms. The Balaban J connectivity index is 1.65. The average molecular weight is 346 g/mol. The summed E-state index contributed by atoms with van der Waals surface area (Å²) < 4.78 is 7.30. The Morgan fingerprint density at radius 3 is 2.81 bits per heavy atom. The zero-order valence-corrected chi connectivity index (χ0v) is 14.6. The maximum absolute atomic E-state index is 12.3. The number of aryl methyl sites for hydroxylation is 2. The van der Waals surface area contributed by atoms with Gasteiger partial charge in [0, 0.05) is 6.20 Å². The van der Waals surface area contributed by atoms with Crippen LogP contribution in [0.2, 0.25) is 0 Å². The van der Waals surface area contributed by atoms with E-state index in [9.17, 15) is 4.79 Å². The van der Waals surface area contributed by atoms with Crippen molar-refractivity contribution >= 4 is 11.6 Å². The number of rotatable bonds is 5. The average Bonchev–Trinajstić information content (AvgIpc) is 3.10. The van der Waals surface area contributed by atoms with Gasteiger partial charge in [-0.25, -0.2) is 4.68 Å². The van der Waals surface area contributed by atoms with Gasteiger partial charge in [0.15, 0.2) is 12.4 Å². The number of aromatic nitrogens is 2. The predicted molar refractivity (Wildman–Crippen MR) is 97.9 cm³/mol. The third-order valence-electron chi connectivity index (χ3n) is 3.85. The zero-order chi connectivity index (χ0) is 18.5. The van der Waals surface area contributed by atoms with E-state index in [4.69, 9.17) is 10.00 Å². The van der Waals surface area contributed by atoms with E-state index in [0.717, 1.165) is 11.3 Å². The van der Waals surface area contributed by atoms with Crippen LogP contribution in [-0.2, 0) is 6.73 Å². The molecule has 0 spiro atoms. The number of hydrogen-bond acceptors (Lipinski definition) is 4. The van der Waals surface area contributed by atoms with Crippen molar-refractivity contribution in [1.29, 1.82) is 5.26 Å². The molecule has 0 unspecified atom stereocenters. The Labute approximate surface area is 151 Å². The Morgan fingerprint density at radius 1 is 1.23 bits per heavy atom. The van der Waals surface area contributed by atoms with Crippen LogP contribution in [0.15, 0.2) is 54.7 Å². The summed E-state index contributed by atoms with van der Waals surface area (Å²) in [7, 11) is 0. The number of anilines is 1. The molecule has 1 aromatic heterocycles. The molecule has 1 N–H and O–H groups in total. The number of carbonyl (C=O) groups is 1. The third-order valence-corrected chi connectivity index (χ3v) is 3.85. The Morgan fingerprint density at radius 2 is 2.04 bits per heavy atom. The van der Waals surface area contributed by atoms with Gasteiger partial charge in [0.25, 0.3) is 5.91 Å². The molecule has 0 radical (unpaired) electrons. The highest BCUT2D eigenvalue weighted by molar-refractivity contribution is 6.03. The van der Waals surface area contributed by atoms with Crippen molar-refractivity contribution in [3.63, 3.8) is 0 Å². The summed E-state index contributed by atoms with van der Waals surface area (Å²) in [5.41, 5.74) is 3.33. The first-order valence-electron chi connectivity index (χ1n) is 8.11. The van der Waals surface area contributed by atoms with Gasteiger partial charge in [-0.2, -0.15) is 10.4 Å². The molecule has 0 atom stereocenters. The van der Waals surface area contributed by atoms with Gasteiger partial charge < -0.3 is 10.1 Å². The number of hydrogen-bond donors (Lipinski definition) is 1. The van der Waals surface area contributed by atoms with Gasteiger partial charge in [-0.15, -0.1) is 0 Å². The van der Waals surface area contributed by atoms with Crippen LogP contribution >= 0.6 is 0 Å². The minimum absolute atomic E-state index is 0.200. The molecule has 1 amide bonds. The highest BCUT2D eigenvalue weighted by Gasteiger charge is 2.12. The van der Waals surface area contributed by atoms with E-state index in [2.05, 4.69) is 10.4 Å². The van der Waals surface area contributed by atoms with Gasteiger partial charge in [0.2, 0.25) is 0 Å². The SMILES string of the molecule is Cc1ccc(OCn2ccc(C(=O)Nc3ccccc3C#N)n2)c(C)c1. The summed E-state index contributed by atoms with van der Waals surface area (Å²) in [6.45, 7) is 4.21. The van der Waals surface area contributed by atoms with Crippen LogP contribution in [0.4, 0.5) is 5.69 Å². The van der Waals surface area contributed by atoms with Crippen LogP contribution in [0.1, 0.15) is 27.2 Å².